The maximum atomic E-state index is 11.9. The highest BCUT2D eigenvalue weighted by Gasteiger charge is 2.22. The van der Waals surface area contributed by atoms with Crippen LogP contribution in [0.1, 0.15) is 25.3 Å². The van der Waals surface area contributed by atoms with Crippen LogP contribution in [0.15, 0.2) is 28.7 Å². The average molecular weight is 311 g/mol. The van der Waals surface area contributed by atoms with Gasteiger partial charge in [0.05, 0.1) is 6.04 Å². The van der Waals surface area contributed by atoms with Gasteiger partial charge in [-0.2, -0.15) is 0 Å². The Morgan fingerprint density at radius 2 is 2.33 bits per heavy atom. The van der Waals surface area contributed by atoms with E-state index in [4.69, 9.17) is 0 Å². The summed E-state index contributed by atoms with van der Waals surface area (Å²) in [7, 11) is 0. The summed E-state index contributed by atoms with van der Waals surface area (Å²) in [6, 6.07) is 8.29. The third-order valence-electron chi connectivity index (χ3n) is 3.25. The van der Waals surface area contributed by atoms with Gasteiger partial charge in [-0.25, -0.2) is 0 Å². The first-order valence-corrected chi connectivity index (χ1v) is 7.23. The minimum absolute atomic E-state index is 0.00617. The van der Waals surface area contributed by atoms with Crippen molar-refractivity contribution in [3.8, 4) is 0 Å². The highest BCUT2D eigenvalue weighted by atomic mass is 79.9. The summed E-state index contributed by atoms with van der Waals surface area (Å²) in [5.41, 5.74) is 1.23. The molecule has 4 heteroatoms. The lowest BCUT2D eigenvalue weighted by Crippen LogP contribution is -2.44. The molecular formula is C14H19BrN2O. The number of hydrogen-bond donors (Lipinski definition) is 2. The Balaban J connectivity index is 1.86. The summed E-state index contributed by atoms with van der Waals surface area (Å²) in [4.78, 5) is 11.9. The normalized spacial score (nSPS) is 20.7. The molecule has 3 nitrogen and oxygen atoms in total. The van der Waals surface area contributed by atoms with E-state index in [2.05, 4.69) is 32.6 Å². The van der Waals surface area contributed by atoms with E-state index in [9.17, 15) is 4.79 Å². The molecule has 0 bridgehead atoms. The molecule has 1 aliphatic heterocycles. The van der Waals surface area contributed by atoms with Crippen LogP contribution in [0, 0.1) is 0 Å². The number of benzene rings is 1. The molecule has 1 aromatic rings. The monoisotopic (exact) mass is 310 g/mol. The number of nitrogens with one attached hydrogen (secondary N) is 2. The molecule has 18 heavy (non-hydrogen) atoms. The smallest absolute Gasteiger partial charge is 0.237 e. The van der Waals surface area contributed by atoms with Crippen molar-refractivity contribution >= 4 is 21.8 Å². The van der Waals surface area contributed by atoms with Crippen molar-refractivity contribution in [3.63, 3.8) is 0 Å². The molecule has 1 aliphatic rings. The van der Waals surface area contributed by atoms with Crippen LogP contribution < -0.4 is 10.6 Å². The first-order chi connectivity index (χ1) is 8.66. The van der Waals surface area contributed by atoms with Crippen LogP contribution in [0.2, 0.25) is 0 Å². The van der Waals surface area contributed by atoms with Crippen LogP contribution in [0.5, 0.6) is 0 Å². The molecule has 1 heterocycles. The topological polar surface area (TPSA) is 41.1 Å². The van der Waals surface area contributed by atoms with Crippen molar-refractivity contribution in [1.82, 2.24) is 10.6 Å². The number of hydrogen-bond acceptors (Lipinski definition) is 2. The molecule has 1 aromatic carbocycles. The van der Waals surface area contributed by atoms with E-state index in [0.29, 0.717) is 0 Å². The summed E-state index contributed by atoms with van der Waals surface area (Å²) >= 11 is 3.53. The van der Waals surface area contributed by atoms with Crippen LogP contribution in [0.25, 0.3) is 0 Å². The lowest BCUT2D eigenvalue weighted by Gasteiger charge is -2.17. The molecular weight excluding hydrogens is 292 g/mol. The van der Waals surface area contributed by atoms with Crippen LogP contribution in [-0.4, -0.2) is 24.5 Å². The molecule has 2 atom stereocenters. The predicted molar refractivity (Wildman–Crippen MR) is 76.5 cm³/mol. The Hall–Kier alpha value is -0.870. The zero-order valence-electron chi connectivity index (χ0n) is 10.6. The second kappa shape index (κ2) is 6.34. The molecule has 0 saturated carbocycles. The van der Waals surface area contributed by atoms with Crippen LogP contribution >= 0.6 is 15.9 Å². The van der Waals surface area contributed by atoms with Gasteiger partial charge in [-0.3, -0.25) is 4.79 Å². The zero-order chi connectivity index (χ0) is 13.0. The fourth-order valence-electron chi connectivity index (χ4n) is 2.30. The minimum Gasteiger partial charge on any atom is -0.352 e. The van der Waals surface area contributed by atoms with Crippen LogP contribution in [0.3, 0.4) is 0 Å². The molecule has 1 saturated heterocycles. The van der Waals surface area contributed by atoms with E-state index in [1.54, 1.807) is 0 Å². The molecule has 2 unspecified atom stereocenters. The van der Waals surface area contributed by atoms with Crippen molar-refractivity contribution in [1.29, 1.82) is 0 Å². The van der Waals surface area contributed by atoms with E-state index in [1.807, 2.05) is 25.1 Å². The molecule has 2 N–H and O–H groups in total. The third-order valence-corrected chi connectivity index (χ3v) is 4.02. The van der Waals surface area contributed by atoms with E-state index >= 15 is 0 Å². The summed E-state index contributed by atoms with van der Waals surface area (Å²) in [5.74, 6) is 0.132. The van der Waals surface area contributed by atoms with Crippen molar-refractivity contribution in [3.05, 3.63) is 34.3 Å². The van der Waals surface area contributed by atoms with E-state index in [-0.39, 0.29) is 18.0 Å². The van der Waals surface area contributed by atoms with Crippen molar-refractivity contribution in [2.75, 3.05) is 6.54 Å². The van der Waals surface area contributed by atoms with Crippen molar-refractivity contribution in [2.45, 2.75) is 38.3 Å². The molecule has 0 aliphatic carbocycles. The van der Waals surface area contributed by atoms with Crippen molar-refractivity contribution in [2.24, 2.45) is 0 Å². The van der Waals surface area contributed by atoms with Gasteiger partial charge in [-0.15, -0.1) is 0 Å². The van der Waals surface area contributed by atoms with Gasteiger partial charge in [0, 0.05) is 10.5 Å². The van der Waals surface area contributed by atoms with Gasteiger partial charge in [-0.1, -0.05) is 34.1 Å². The predicted octanol–water partition coefficient (Wildman–Crippen LogP) is 2.25. The standard InChI is InChI=1S/C14H19BrN2O/c1-10(9-11-5-2-3-6-12(11)15)17-14(18)13-7-4-8-16-13/h2-3,5-6,10,13,16H,4,7-9H2,1H3,(H,17,18). The molecule has 0 spiro atoms. The highest BCUT2D eigenvalue weighted by molar-refractivity contribution is 9.10. The largest absolute Gasteiger partial charge is 0.352 e. The molecule has 0 radical (unpaired) electrons. The first kappa shape index (κ1) is 13.6. The highest BCUT2D eigenvalue weighted by Crippen LogP contribution is 2.17. The average Bonchev–Trinajstić information content (AvgIpc) is 2.85. The lowest BCUT2D eigenvalue weighted by molar-refractivity contribution is -0.123. The maximum absolute atomic E-state index is 11.9. The summed E-state index contributed by atoms with van der Waals surface area (Å²) in [6.45, 7) is 3.00. The van der Waals surface area contributed by atoms with E-state index < -0.39 is 0 Å². The number of carbonyl (C=O) groups is 1. The fraction of sp³-hybridized carbons (Fsp3) is 0.500. The SMILES string of the molecule is CC(Cc1ccccc1Br)NC(=O)C1CCCN1. The summed E-state index contributed by atoms with van der Waals surface area (Å²) in [6.07, 6.45) is 2.89. The van der Waals surface area contributed by atoms with Gasteiger partial charge in [-0.05, 0) is 44.4 Å². The quantitative estimate of drug-likeness (QED) is 0.895. The molecule has 1 amide bonds. The molecule has 0 aromatic heterocycles. The van der Waals surface area contributed by atoms with Crippen LogP contribution in [-0.2, 0) is 11.2 Å². The van der Waals surface area contributed by atoms with E-state index in [0.717, 1.165) is 30.3 Å². The van der Waals surface area contributed by atoms with Gasteiger partial charge < -0.3 is 10.6 Å². The van der Waals surface area contributed by atoms with Gasteiger partial charge in [0.2, 0.25) is 5.91 Å². The zero-order valence-corrected chi connectivity index (χ0v) is 12.2. The van der Waals surface area contributed by atoms with Gasteiger partial charge in [0.15, 0.2) is 0 Å². The van der Waals surface area contributed by atoms with E-state index in [1.165, 1.54) is 5.56 Å². The second-order valence-corrected chi connectivity index (χ2v) is 5.71. The fourth-order valence-corrected chi connectivity index (χ4v) is 2.74. The number of rotatable bonds is 4. The van der Waals surface area contributed by atoms with Crippen LogP contribution in [0.4, 0.5) is 0 Å². The molecule has 2 rings (SSSR count). The Kier molecular flexibility index (Phi) is 4.78. The molecule has 98 valence electrons. The minimum atomic E-state index is 0.00617. The van der Waals surface area contributed by atoms with Gasteiger partial charge >= 0.3 is 0 Å². The van der Waals surface area contributed by atoms with Crippen molar-refractivity contribution < 1.29 is 4.79 Å². The van der Waals surface area contributed by atoms with Gasteiger partial charge in [0.25, 0.3) is 0 Å². The number of carbonyl (C=O) groups excluding carboxylic acids is 1. The molecule has 1 fully saturated rings. The Bertz CT molecular complexity index is 416. The summed E-state index contributed by atoms with van der Waals surface area (Å²) < 4.78 is 1.10. The summed E-state index contributed by atoms with van der Waals surface area (Å²) in [5, 5.41) is 6.29. The Morgan fingerprint density at radius 3 is 3.00 bits per heavy atom. The third kappa shape index (κ3) is 3.56. The Labute approximate surface area is 116 Å². The maximum Gasteiger partial charge on any atom is 0.237 e. The number of halogens is 1. The first-order valence-electron chi connectivity index (χ1n) is 6.44. The second-order valence-electron chi connectivity index (χ2n) is 4.85. The lowest BCUT2D eigenvalue weighted by atomic mass is 10.1. The Morgan fingerprint density at radius 1 is 1.56 bits per heavy atom. The number of amides is 1. The van der Waals surface area contributed by atoms with Gasteiger partial charge in [0.1, 0.15) is 0 Å².